The Bertz CT molecular complexity index is 891. The van der Waals surface area contributed by atoms with E-state index >= 15 is 0 Å². The quantitative estimate of drug-likeness (QED) is 0.695. The van der Waals surface area contributed by atoms with Crippen LogP contribution in [0.25, 0.3) is 10.2 Å². The van der Waals surface area contributed by atoms with Crippen LogP contribution in [0.15, 0.2) is 30.3 Å². The molecule has 0 aliphatic heterocycles. The van der Waals surface area contributed by atoms with Gasteiger partial charge in [-0.05, 0) is 30.7 Å². The zero-order valence-corrected chi connectivity index (χ0v) is 14.7. The number of rotatable bonds is 3. The maximum absolute atomic E-state index is 12.6. The van der Waals surface area contributed by atoms with Crippen LogP contribution in [0.3, 0.4) is 0 Å². The number of carbonyl (C=O) groups is 1. The first-order valence-corrected chi connectivity index (χ1v) is 8.33. The van der Waals surface area contributed by atoms with Crippen molar-refractivity contribution in [1.82, 2.24) is 14.7 Å². The van der Waals surface area contributed by atoms with Crippen LogP contribution in [0, 0.1) is 6.92 Å². The van der Waals surface area contributed by atoms with Crippen LogP contribution in [-0.2, 0) is 19.8 Å². The van der Waals surface area contributed by atoms with E-state index in [9.17, 15) is 18.0 Å². The van der Waals surface area contributed by atoms with Crippen molar-refractivity contribution >= 4 is 27.5 Å². The summed E-state index contributed by atoms with van der Waals surface area (Å²) in [4.78, 5) is 15.6. The molecule has 0 saturated heterocycles. The van der Waals surface area contributed by atoms with Crippen molar-refractivity contribution in [3.05, 3.63) is 52.0 Å². The maximum Gasteiger partial charge on any atom is 0.416 e. The zero-order chi connectivity index (χ0) is 18.4. The molecule has 0 unspecified atom stereocenters. The third kappa shape index (κ3) is 3.39. The van der Waals surface area contributed by atoms with E-state index in [0.717, 1.165) is 28.0 Å². The van der Waals surface area contributed by atoms with Crippen LogP contribution in [0.4, 0.5) is 13.2 Å². The van der Waals surface area contributed by atoms with Crippen molar-refractivity contribution in [3.8, 4) is 0 Å². The first-order valence-electron chi connectivity index (χ1n) is 7.51. The van der Waals surface area contributed by atoms with Crippen LogP contribution in [0.1, 0.15) is 26.5 Å². The standard InChI is InChI=1S/C17H16F3N3OS/c1-10-13-8-14(25-16(13)23(3)21-10)15(24)22(2)9-11-4-6-12(7-5-11)17(18,19)20/h4-8H,9H2,1-3H3. The first kappa shape index (κ1) is 17.5. The summed E-state index contributed by atoms with van der Waals surface area (Å²) in [7, 11) is 3.46. The van der Waals surface area contributed by atoms with E-state index in [2.05, 4.69) is 5.10 Å². The smallest absolute Gasteiger partial charge is 0.337 e. The number of alkyl halides is 3. The third-order valence-corrected chi connectivity index (χ3v) is 5.14. The Balaban J connectivity index is 1.76. The number of amides is 1. The molecular weight excluding hydrogens is 351 g/mol. The summed E-state index contributed by atoms with van der Waals surface area (Å²) in [5, 5.41) is 5.24. The molecule has 1 amide bonds. The summed E-state index contributed by atoms with van der Waals surface area (Å²) in [6.07, 6.45) is -4.36. The van der Waals surface area contributed by atoms with Crippen molar-refractivity contribution in [2.75, 3.05) is 7.05 Å². The molecule has 0 saturated carbocycles. The van der Waals surface area contributed by atoms with Crippen LogP contribution in [0.5, 0.6) is 0 Å². The lowest BCUT2D eigenvalue weighted by Crippen LogP contribution is -2.25. The summed E-state index contributed by atoms with van der Waals surface area (Å²) in [6, 6.07) is 6.66. The number of fused-ring (bicyclic) bond motifs is 1. The molecule has 2 heterocycles. The van der Waals surface area contributed by atoms with Crippen molar-refractivity contribution < 1.29 is 18.0 Å². The van der Waals surface area contributed by atoms with Gasteiger partial charge < -0.3 is 4.90 Å². The van der Waals surface area contributed by atoms with Gasteiger partial charge in [0.1, 0.15) is 4.83 Å². The summed E-state index contributed by atoms with van der Waals surface area (Å²) >= 11 is 1.36. The highest BCUT2D eigenvalue weighted by Crippen LogP contribution is 2.30. The Labute approximate surface area is 146 Å². The zero-order valence-electron chi connectivity index (χ0n) is 13.9. The average Bonchev–Trinajstić information content (AvgIpc) is 3.08. The van der Waals surface area contributed by atoms with Crippen molar-refractivity contribution in [2.45, 2.75) is 19.6 Å². The largest absolute Gasteiger partial charge is 0.416 e. The summed E-state index contributed by atoms with van der Waals surface area (Å²) in [5.74, 6) is -0.166. The van der Waals surface area contributed by atoms with Gasteiger partial charge in [0.25, 0.3) is 5.91 Å². The van der Waals surface area contributed by atoms with Crippen LogP contribution >= 0.6 is 11.3 Å². The topological polar surface area (TPSA) is 38.1 Å². The summed E-state index contributed by atoms with van der Waals surface area (Å²) in [5.41, 5.74) is 0.804. The number of hydrogen-bond acceptors (Lipinski definition) is 3. The summed E-state index contributed by atoms with van der Waals surface area (Å²) < 4.78 is 39.5. The lowest BCUT2D eigenvalue weighted by atomic mass is 10.1. The average molecular weight is 367 g/mol. The number of thiophene rings is 1. The van der Waals surface area contributed by atoms with Gasteiger partial charge in [-0.2, -0.15) is 18.3 Å². The van der Waals surface area contributed by atoms with Crippen LogP contribution < -0.4 is 0 Å². The minimum atomic E-state index is -4.36. The highest BCUT2D eigenvalue weighted by Gasteiger charge is 2.30. The van der Waals surface area contributed by atoms with Gasteiger partial charge in [-0.15, -0.1) is 11.3 Å². The molecule has 0 N–H and O–H groups in total. The Morgan fingerprint density at radius 2 is 1.92 bits per heavy atom. The second-order valence-corrected chi connectivity index (χ2v) is 6.93. The highest BCUT2D eigenvalue weighted by molar-refractivity contribution is 7.20. The van der Waals surface area contributed by atoms with Gasteiger partial charge in [0.05, 0.1) is 16.1 Å². The van der Waals surface area contributed by atoms with Crippen LogP contribution in [-0.4, -0.2) is 27.6 Å². The normalized spacial score (nSPS) is 11.9. The SMILES string of the molecule is Cc1nn(C)c2sc(C(=O)N(C)Cc3ccc(C(F)(F)F)cc3)cc12. The van der Waals surface area contributed by atoms with Gasteiger partial charge in [0, 0.05) is 26.0 Å². The fraction of sp³-hybridized carbons (Fsp3) is 0.294. The van der Waals surface area contributed by atoms with E-state index in [1.54, 1.807) is 11.7 Å². The molecule has 0 radical (unpaired) electrons. The molecule has 0 spiro atoms. The van der Waals surface area contributed by atoms with E-state index in [1.807, 2.05) is 20.0 Å². The fourth-order valence-corrected chi connectivity index (χ4v) is 3.76. The molecule has 0 fully saturated rings. The fourth-order valence-electron chi connectivity index (χ4n) is 2.64. The third-order valence-electron chi connectivity index (χ3n) is 3.95. The number of aryl methyl sites for hydroxylation is 2. The predicted molar refractivity (Wildman–Crippen MR) is 90.6 cm³/mol. The second kappa shape index (κ2) is 6.18. The van der Waals surface area contributed by atoms with Gasteiger partial charge in [-0.25, -0.2) is 0 Å². The molecule has 132 valence electrons. The monoisotopic (exact) mass is 367 g/mol. The molecule has 0 atom stereocenters. The molecule has 4 nitrogen and oxygen atoms in total. The van der Waals surface area contributed by atoms with Gasteiger partial charge >= 0.3 is 6.18 Å². The molecule has 3 rings (SSSR count). The molecule has 0 aliphatic carbocycles. The highest BCUT2D eigenvalue weighted by atomic mass is 32.1. The Morgan fingerprint density at radius 1 is 1.28 bits per heavy atom. The van der Waals surface area contributed by atoms with Crippen LogP contribution in [0.2, 0.25) is 0 Å². The van der Waals surface area contributed by atoms with Gasteiger partial charge in [0.2, 0.25) is 0 Å². The maximum atomic E-state index is 12.6. The van der Waals surface area contributed by atoms with E-state index < -0.39 is 11.7 Å². The minimum absolute atomic E-state index is 0.166. The molecule has 1 aromatic carbocycles. The lowest BCUT2D eigenvalue weighted by molar-refractivity contribution is -0.137. The first-order chi connectivity index (χ1) is 11.7. The molecule has 3 aromatic rings. The van der Waals surface area contributed by atoms with Gasteiger partial charge in [0.15, 0.2) is 0 Å². The minimum Gasteiger partial charge on any atom is -0.337 e. The van der Waals surface area contributed by atoms with Crippen molar-refractivity contribution in [2.24, 2.45) is 7.05 Å². The Kier molecular flexibility index (Phi) is 4.32. The molecule has 25 heavy (non-hydrogen) atoms. The van der Waals surface area contributed by atoms with Crippen molar-refractivity contribution in [3.63, 3.8) is 0 Å². The van der Waals surface area contributed by atoms with Crippen molar-refractivity contribution in [1.29, 1.82) is 0 Å². The number of benzene rings is 1. The number of aromatic nitrogens is 2. The van der Waals surface area contributed by atoms with E-state index in [0.29, 0.717) is 10.4 Å². The molecular formula is C17H16F3N3OS. The van der Waals surface area contributed by atoms with Gasteiger partial charge in [-0.1, -0.05) is 12.1 Å². The number of nitrogens with zero attached hydrogens (tertiary/aromatic N) is 3. The Morgan fingerprint density at radius 3 is 2.48 bits per heavy atom. The number of halogens is 3. The molecule has 8 heteroatoms. The van der Waals surface area contributed by atoms with Gasteiger partial charge in [-0.3, -0.25) is 9.48 Å². The lowest BCUT2D eigenvalue weighted by Gasteiger charge is -2.17. The number of carbonyl (C=O) groups excluding carboxylic acids is 1. The number of hydrogen-bond donors (Lipinski definition) is 0. The van der Waals surface area contributed by atoms with E-state index in [-0.39, 0.29) is 12.5 Å². The van der Waals surface area contributed by atoms with E-state index in [1.165, 1.54) is 28.4 Å². The predicted octanol–water partition coefficient (Wildman–Crippen LogP) is 4.23. The van der Waals surface area contributed by atoms with E-state index in [4.69, 9.17) is 0 Å². The molecule has 2 aromatic heterocycles. The molecule has 0 aliphatic rings. The second-order valence-electron chi connectivity index (χ2n) is 5.89. The Hall–Kier alpha value is -2.35. The summed E-state index contributed by atoms with van der Waals surface area (Å²) in [6.45, 7) is 2.12. The molecule has 0 bridgehead atoms.